The second-order valence-corrected chi connectivity index (χ2v) is 7.78. The Morgan fingerprint density at radius 3 is 2.37 bits per heavy atom. The third-order valence-electron chi connectivity index (χ3n) is 4.09. The molecule has 0 unspecified atom stereocenters. The third-order valence-corrected chi connectivity index (χ3v) is 5.59. The van der Waals surface area contributed by atoms with E-state index in [0.29, 0.717) is 13.0 Å². The van der Waals surface area contributed by atoms with Gasteiger partial charge in [-0.05, 0) is 42.3 Å². The first-order chi connectivity index (χ1) is 12.7. The fourth-order valence-electron chi connectivity index (χ4n) is 2.67. The predicted molar refractivity (Wildman–Crippen MR) is 94.0 cm³/mol. The monoisotopic (exact) mass is 396 g/mol. The molecule has 0 saturated carbocycles. The lowest BCUT2D eigenvalue weighted by atomic mass is 10.1. The first kappa shape index (κ1) is 19.0. The topological polar surface area (TPSA) is 79.0 Å². The maximum atomic E-state index is 12.5. The third kappa shape index (κ3) is 3.82. The number of para-hydroxylation sites is 1. The molecule has 1 heterocycles. The van der Waals surface area contributed by atoms with Crippen molar-refractivity contribution < 1.29 is 26.4 Å². The Hall–Kier alpha value is -2.81. The van der Waals surface area contributed by atoms with Gasteiger partial charge < -0.3 is 10.3 Å². The number of amides is 1. The van der Waals surface area contributed by atoms with Gasteiger partial charge in [0.15, 0.2) is 0 Å². The van der Waals surface area contributed by atoms with Crippen LogP contribution in [0.4, 0.5) is 13.2 Å². The van der Waals surface area contributed by atoms with E-state index in [-0.39, 0.29) is 5.56 Å². The Labute approximate surface area is 153 Å². The van der Waals surface area contributed by atoms with E-state index in [9.17, 15) is 26.4 Å². The zero-order valence-electron chi connectivity index (χ0n) is 13.9. The normalized spacial score (nSPS) is 12.3. The van der Waals surface area contributed by atoms with Gasteiger partial charge in [0.25, 0.3) is 15.7 Å². The highest BCUT2D eigenvalue weighted by Gasteiger charge is 2.46. The molecule has 0 aliphatic rings. The van der Waals surface area contributed by atoms with E-state index in [0.717, 1.165) is 40.7 Å². The van der Waals surface area contributed by atoms with E-state index in [1.54, 1.807) is 0 Å². The van der Waals surface area contributed by atoms with Crippen LogP contribution in [0.5, 0.6) is 0 Å². The summed E-state index contributed by atoms with van der Waals surface area (Å²) in [5, 5.41) is 3.72. The maximum absolute atomic E-state index is 12.5. The van der Waals surface area contributed by atoms with Gasteiger partial charge in [0, 0.05) is 29.2 Å². The number of H-pyrrole nitrogens is 1. The van der Waals surface area contributed by atoms with Crippen LogP contribution in [0, 0.1) is 0 Å². The Bertz CT molecular complexity index is 1070. The molecular formula is C18H15F3N2O3S. The van der Waals surface area contributed by atoms with Crippen LogP contribution in [0.2, 0.25) is 0 Å². The molecule has 3 rings (SSSR count). The molecule has 0 aliphatic heterocycles. The minimum absolute atomic E-state index is 0.0788. The molecular weight excluding hydrogens is 381 g/mol. The van der Waals surface area contributed by atoms with Crippen molar-refractivity contribution in [3.63, 3.8) is 0 Å². The molecule has 1 aromatic heterocycles. The average molecular weight is 396 g/mol. The number of carbonyl (C=O) groups excluding carboxylic acids is 1. The van der Waals surface area contributed by atoms with Crippen molar-refractivity contribution in [2.45, 2.75) is 16.8 Å². The van der Waals surface area contributed by atoms with Crippen LogP contribution in [0.1, 0.15) is 15.9 Å². The summed E-state index contributed by atoms with van der Waals surface area (Å²) in [5.74, 6) is -0.495. The van der Waals surface area contributed by atoms with E-state index < -0.39 is 26.1 Å². The van der Waals surface area contributed by atoms with Crippen molar-refractivity contribution in [1.82, 2.24) is 10.3 Å². The molecule has 3 aromatic rings. The van der Waals surface area contributed by atoms with E-state index in [1.165, 1.54) is 0 Å². The number of rotatable bonds is 5. The molecule has 2 N–H and O–H groups in total. The van der Waals surface area contributed by atoms with Gasteiger partial charge in [-0.25, -0.2) is 8.42 Å². The zero-order valence-corrected chi connectivity index (χ0v) is 14.7. The number of hydrogen-bond acceptors (Lipinski definition) is 3. The summed E-state index contributed by atoms with van der Waals surface area (Å²) in [4.78, 5) is 14.3. The first-order valence-electron chi connectivity index (χ1n) is 7.95. The summed E-state index contributed by atoms with van der Waals surface area (Å²) in [6, 6.07) is 11.4. The number of aromatic amines is 1. The second kappa shape index (κ2) is 7.07. The van der Waals surface area contributed by atoms with Crippen LogP contribution in [0.15, 0.2) is 59.6 Å². The molecule has 0 bridgehead atoms. The van der Waals surface area contributed by atoms with Crippen LogP contribution in [0.25, 0.3) is 10.9 Å². The standard InChI is InChI=1S/C18H15F3N2O3S/c19-18(20,21)27(25,26)14-7-5-12(6-8-14)17(24)22-10-9-13-11-23-16-4-2-1-3-15(13)16/h1-8,11,23H,9-10H2,(H,22,24). The highest BCUT2D eigenvalue weighted by molar-refractivity contribution is 7.92. The van der Waals surface area contributed by atoms with Gasteiger partial charge in [0.1, 0.15) is 0 Å². The van der Waals surface area contributed by atoms with Crippen LogP contribution in [-0.2, 0) is 16.3 Å². The van der Waals surface area contributed by atoms with Gasteiger partial charge >= 0.3 is 5.51 Å². The summed E-state index contributed by atoms with van der Waals surface area (Å²) < 4.78 is 60.2. The smallest absolute Gasteiger partial charge is 0.361 e. The van der Waals surface area contributed by atoms with Gasteiger partial charge in [-0.2, -0.15) is 13.2 Å². The predicted octanol–water partition coefficient (Wildman–Crippen LogP) is 3.43. The molecule has 5 nitrogen and oxygen atoms in total. The number of halogens is 3. The second-order valence-electron chi connectivity index (χ2n) is 5.84. The largest absolute Gasteiger partial charge is 0.501 e. The van der Waals surface area contributed by atoms with E-state index in [2.05, 4.69) is 10.3 Å². The molecule has 0 spiro atoms. The summed E-state index contributed by atoms with van der Waals surface area (Å²) in [6.45, 7) is 0.323. The van der Waals surface area contributed by atoms with Crippen molar-refractivity contribution in [1.29, 1.82) is 0 Å². The molecule has 0 atom stereocenters. The van der Waals surface area contributed by atoms with E-state index in [4.69, 9.17) is 0 Å². The minimum Gasteiger partial charge on any atom is -0.361 e. The Kier molecular flexibility index (Phi) is 4.97. The number of sulfone groups is 1. The van der Waals surface area contributed by atoms with Crippen molar-refractivity contribution in [3.8, 4) is 0 Å². The highest BCUT2D eigenvalue weighted by atomic mass is 32.2. The van der Waals surface area contributed by atoms with Crippen LogP contribution >= 0.6 is 0 Å². The fourth-order valence-corrected chi connectivity index (χ4v) is 3.43. The van der Waals surface area contributed by atoms with Gasteiger partial charge in [0.05, 0.1) is 4.90 Å². The highest BCUT2D eigenvalue weighted by Crippen LogP contribution is 2.30. The number of carbonyl (C=O) groups is 1. The van der Waals surface area contributed by atoms with Gasteiger partial charge in [-0.1, -0.05) is 18.2 Å². The number of benzene rings is 2. The number of aromatic nitrogens is 1. The number of fused-ring (bicyclic) bond motifs is 1. The van der Waals surface area contributed by atoms with E-state index >= 15 is 0 Å². The average Bonchev–Trinajstić information content (AvgIpc) is 3.04. The van der Waals surface area contributed by atoms with Gasteiger partial charge in [-0.3, -0.25) is 4.79 Å². The van der Waals surface area contributed by atoms with Gasteiger partial charge in [-0.15, -0.1) is 0 Å². The molecule has 9 heteroatoms. The van der Waals surface area contributed by atoms with Crippen LogP contribution in [0.3, 0.4) is 0 Å². The lowest BCUT2D eigenvalue weighted by Gasteiger charge is -2.09. The zero-order chi connectivity index (χ0) is 19.7. The molecule has 2 aromatic carbocycles. The van der Waals surface area contributed by atoms with Crippen LogP contribution < -0.4 is 5.32 Å². The molecule has 0 aliphatic carbocycles. The molecule has 1 amide bonds. The molecule has 0 radical (unpaired) electrons. The number of nitrogens with one attached hydrogen (secondary N) is 2. The molecule has 0 fully saturated rings. The lowest BCUT2D eigenvalue weighted by Crippen LogP contribution is -2.26. The Morgan fingerprint density at radius 2 is 1.70 bits per heavy atom. The lowest BCUT2D eigenvalue weighted by molar-refractivity contribution is -0.0436. The first-order valence-corrected chi connectivity index (χ1v) is 9.43. The molecule has 142 valence electrons. The summed E-state index contributed by atoms with van der Waals surface area (Å²) in [5.41, 5.74) is -3.29. The van der Waals surface area contributed by atoms with Gasteiger partial charge in [0.2, 0.25) is 0 Å². The Balaban J connectivity index is 1.63. The quantitative estimate of drug-likeness (QED) is 0.694. The van der Waals surface area contributed by atoms with Crippen molar-refractivity contribution in [2.24, 2.45) is 0 Å². The maximum Gasteiger partial charge on any atom is 0.501 e. The van der Waals surface area contributed by atoms with Crippen molar-refractivity contribution in [2.75, 3.05) is 6.54 Å². The summed E-state index contributed by atoms with van der Waals surface area (Å²) in [7, 11) is -5.42. The minimum atomic E-state index is -5.42. The van der Waals surface area contributed by atoms with Crippen molar-refractivity contribution >= 4 is 26.6 Å². The SMILES string of the molecule is O=C(NCCc1c[nH]c2ccccc12)c1ccc(S(=O)(=O)C(F)(F)F)cc1. The number of hydrogen-bond donors (Lipinski definition) is 2. The summed E-state index contributed by atoms with van der Waals surface area (Å²) >= 11 is 0. The fraction of sp³-hybridized carbons (Fsp3) is 0.167. The summed E-state index contributed by atoms with van der Waals surface area (Å²) in [6.07, 6.45) is 2.42. The molecule has 27 heavy (non-hydrogen) atoms. The Morgan fingerprint density at radius 1 is 1.04 bits per heavy atom. The van der Waals surface area contributed by atoms with Crippen molar-refractivity contribution in [3.05, 3.63) is 65.9 Å². The number of alkyl halides is 3. The van der Waals surface area contributed by atoms with E-state index in [1.807, 2.05) is 30.5 Å². The van der Waals surface area contributed by atoms with Crippen LogP contribution in [-0.4, -0.2) is 31.4 Å². The molecule has 0 saturated heterocycles.